The Hall–Kier alpha value is -4.00. The smallest absolute Gasteiger partial charge is 0.387 e. The number of ether oxygens (including phenoxy) is 5. The summed E-state index contributed by atoms with van der Waals surface area (Å²) in [6.45, 7) is 4.11. The van der Waals surface area contributed by atoms with Crippen LogP contribution in [0.5, 0.6) is 17.2 Å². The zero-order valence-electron chi connectivity index (χ0n) is 32.1. The van der Waals surface area contributed by atoms with Gasteiger partial charge in [0, 0.05) is 49.4 Å². The second kappa shape index (κ2) is 19.2. The van der Waals surface area contributed by atoms with Gasteiger partial charge in [-0.15, -0.1) is 0 Å². The maximum Gasteiger partial charge on any atom is 0.387 e. The SMILES string of the molecule is COc1ccc(C(=O)OC(Cc2c(Cl)c[n+]([O-])cc2Cl)c2ccc(OC(F)F)c(OCC3CC3)c2)cc1N(CC(C(=O)OC(C)(C)C)N1CCN(C)CC1)S(=O)[O-]. The molecule has 0 bridgehead atoms. The molecule has 1 saturated carbocycles. The molecule has 2 fully saturated rings. The maximum atomic E-state index is 14.1. The number of halogens is 4. The lowest BCUT2D eigenvalue weighted by Crippen LogP contribution is -2.56. The number of pyridine rings is 1. The summed E-state index contributed by atoms with van der Waals surface area (Å²) in [7, 11) is 3.27. The van der Waals surface area contributed by atoms with Crippen molar-refractivity contribution in [3.05, 3.63) is 80.7 Å². The molecule has 1 saturated heterocycles. The quantitative estimate of drug-likeness (QED) is 0.0705. The number of hydrogen-bond acceptors (Lipinski definition) is 12. The molecule has 57 heavy (non-hydrogen) atoms. The van der Waals surface area contributed by atoms with E-state index in [0.717, 1.165) is 29.5 Å². The topological polar surface area (TPSA) is 157 Å². The lowest BCUT2D eigenvalue weighted by atomic mass is 10.0. The van der Waals surface area contributed by atoms with Crippen molar-refractivity contribution < 1.29 is 55.5 Å². The molecular formula is C38H45Cl2F2N4O10S-. The minimum absolute atomic E-state index is 0.0106. The number of methoxy groups -OCH3 is 1. The van der Waals surface area contributed by atoms with Gasteiger partial charge in [-0.2, -0.15) is 13.5 Å². The molecule has 312 valence electrons. The van der Waals surface area contributed by atoms with Crippen molar-refractivity contribution in [3.63, 3.8) is 0 Å². The molecule has 2 heterocycles. The largest absolute Gasteiger partial charge is 0.755 e. The van der Waals surface area contributed by atoms with E-state index in [0.29, 0.717) is 30.9 Å². The lowest BCUT2D eigenvalue weighted by molar-refractivity contribution is -0.605. The van der Waals surface area contributed by atoms with Crippen molar-refractivity contribution in [1.29, 1.82) is 0 Å². The number of alkyl halides is 2. The number of piperazine rings is 1. The minimum atomic E-state index is -3.14. The van der Waals surface area contributed by atoms with Gasteiger partial charge in [-0.1, -0.05) is 29.3 Å². The molecule has 14 nitrogen and oxygen atoms in total. The van der Waals surface area contributed by atoms with Gasteiger partial charge in [-0.05, 0) is 82.5 Å². The summed E-state index contributed by atoms with van der Waals surface area (Å²) in [4.78, 5) is 31.6. The molecule has 0 amide bonds. The highest BCUT2D eigenvalue weighted by Gasteiger charge is 2.35. The Kier molecular flexibility index (Phi) is 14.8. The van der Waals surface area contributed by atoms with Crippen LogP contribution in [-0.4, -0.2) is 102 Å². The molecule has 3 aromatic rings. The molecule has 0 spiro atoms. The Morgan fingerprint density at radius 2 is 1.67 bits per heavy atom. The maximum absolute atomic E-state index is 14.1. The summed E-state index contributed by atoms with van der Waals surface area (Å²) in [5.41, 5.74) is -0.489. The fourth-order valence-corrected chi connectivity index (χ4v) is 7.27. The van der Waals surface area contributed by atoms with Crippen molar-refractivity contribution >= 4 is 52.1 Å². The van der Waals surface area contributed by atoms with Crippen LogP contribution in [-0.2, 0) is 32.0 Å². The van der Waals surface area contributed by atoms with Crippen LogP contribution in [0.2, 0.25) is 10.0 Å². The standard InChI is InChI=1S/C38H46Cl2F2N4O10S/c1-38(2,3)56-36(48)30(44-14-12-43(4)13-15-44)21-46(57(50)51)29-16-25(9-10-31(29)52-5)35(47)54-33(18-26-27(39)19-45(49)20-28(26)40)24-8-11-32(55-37(41)42)34(17-24)53-22-23-6-7-23/h8-11,16-17,19-20,23,30,33,37H,6-7,12-15,18,21-22H2,1-5H3,(H,50,51)/p-1. The number of nitrogens with zero attached hydrogens (tertiary/aromatic N) is 4. The summed E-state index contributed by atoms with van der Waals surface area (Å²) in [6, 6.07) is 7.09. The second-order valence-electron chi connectivity index (χ2n) is 14.8. The van der Waals surface area contributed by atoms with Crippen LogP contribution in [0.15, 0.2) is 48.8 Å². The number of anilines is 1. The van der Waals surface area contributed by atoms with Gasteiger partial charge in [-0.25, -0.2) is 4.79 Å². The molecule has 2 aliphatic rings. The van der Waals surface area contributed by atoms with Gasteiger partial charge in [0.15, 0.2) is 23.9 Å². The van der Waals surface area contributed by atoms with Crippen molar-refractivity contribution in [2.24, 2.45) is 5.92 Å². The third kappa shape index (κ3) is 12.3. The van der Waals surface area contributed by atoms with E-state index in [2.05, 4.69) is 4.90 Å². The molecule has 5 rings (SSSR count). The van der Waals surface area contributed by atoms with E-state index >= 15 is 0 Å². The van der Waals surface area contributed by atoms with Crippen LogP contribution in [0.3, 0.4) is 0 Å². The summed E-state index contributed by atoms with van der Waals surface area (Å²) in [5, 5.41) is 12.0. The van der Waals surface area contributed by atoms with E-state index in [-0.39, 0.29) is 75.2 Å². The number of hydrogen-bond donors (Lipinski definition) is 0. The fourth-order valence-electron chi connectivity index (χ4n) is 6.11. The van der Waals surface area contributed by atoms with Gasteiger partial charge < -0.3 is 38.3 Å². The average Bonchev–Trinajstić information content (AvgIpc) is 3.96. The molecule has 0 radical (unpaired) electrons. The number of rotatable bonds is 17. The predicted molar refractivity (Wildman–Crippen MR) is 207 cm³/mol. The van der Waals surface area contributed by atoms with Crippen LogP contribution in [0.1, 0.15) is 61.2 Å². The first-order valence-electron chi connectivity index (χ1n) is 18.1. The van der Waals surface area contributed by atoms with E-state index < -0.39 is 47.6 Å². The van der Waals surface area contributed by atoms with Crippen molar-refractivity contribution in [2.75, 3.05) is 57.8 Å². The molecule has 1 aliphatic carbocycles. The second-order valence-corrected chi connectivity index (χ2v) is 16.5. The van der Waals surface area contributed by atoms with Crippen molar-refractivity contribution in [2.45, 2.75) is 64.4 Å². The predicted octanol–water partition coefficient (Wildman–Crippen LogP) is 5.72. The normalized spacial score (nSPS) is 16.8. The van der Waals surface area contributed by atoms with Crippen molar-refractivity contribution in [1.82, 2.24) is 9.80 Å². The minimum Gasteiger partial charge on any atom is -0.755 e. The van der Waals surface area contributed by atoms with E-state index in [1.165, 1.54) is 43.5 Å². The number of benzene rings is 2. The van der Waals surface area contributed by atoms with E-state index in [1.54, 1.807) is 20.8 Å². The van der Waals surface area contributed by atoms with Gasteiger partial charge in [0.25, 0.3) is 0 Å². The monoisotopic (exact) mass is 857 g/mol. The molecule has 3 atom stereocenters. The number of likely N-dealkylation sites (N-methyl/N-ethyl adjacent to an activating group) is 1. The van der Waals surface area contributed by atoms with Crippen LogP contribution in [0.25, 0.3) is 0 Å². The highest BCUT2D eigenvalue weighted by Crippen LogP contribution is 2.39. The van der Waals surface area contributed by atoms with Gasteiger partial charge in [0.05, 0.1) is 31.5 Å². The number of esters is 2. The Labute approximate surface area is 342 Å². The van der Waals surface area contributed by atoms with Crippen LogP contribution < -0.4 is 23.2 Å². The van der Waals surface area contributed by atoms with E-state index in [1.807, 2.05) is 11.9 Å². The first-order valence-corrected chi connectivity index (χ1v) is 19.9. The van der Waals surface area contributed by atoms with Crippen molar-refractivity contribution in [3.8, 4) is 17.2 Å². The van der Waals surface area contributed by atoms with Crippen LogP contribution in [0, 0.1) is 11.1 Å². The first-order chi connectivity index (χ1) is 26.9. The Bertz CT molecular complexity index is 1910. The summed E-state index contributed by atoms with van der Waals surface area (Å²) >= 11 is 9.86. The van der Waals surface area contributed by atoms with Gasteiger partial charge in [-0.3, -0.25) is 18.2 Å². The summed E-state index contributed by atoms with van der Waals surface area (Å²) in [6.07, 6.45) is 2.62. The van der Waals surface area contributed by atoms with E-state index in [4.69, 9.17) is 46.9 Å². The molecular weight excluding hydrogens is 813 g/mol. The number of carbonyl (C=O) groups is 2. The Morgan fingerprint density at radius 1 is 1.02 bits per heavy atom. The first kappa shape index (κ1) is 44.1. The Morgan fingerprint density at radius 3 is 2.25 bits per heavy atom. The number of carbonyl (C=O) groups excluding carboxylic acids is 2. The number of aromatic nitrogens is 1. The molecule has 19 heteroatoms. The zero-order chi connectivity index (χ0) is 41.6. The van der Waals surface area contributed by atoms with Gasteiger partial charge in [0.2, 0.25) is 0 Å². The highest BCUT2D eigenvalue weighted by molar-refractivity contribution is 7.80. The fraction of sp³-hybridized carbons (Fsp3) is 0.500. The van der Waals surface area contributed by atoms with Crippen LogP contribution in [0.4, 0.5) is 14.5 Å². The van der Waals surface area contributed by atoms with Gasteiger partial charge in [0.1, 0.15) is 33.5 Å². The molecule has 1 aromatic heterocycles. The zero-order valence-corrected chi connectivity index (χ0v) is 34.4. The third-order valence-corrected chi connectivity index (χ3v) is 10.6. The average molecular weight is 859 g/mol. The lowest BCUT2D eigenvalue weighted by Gasteiger charge is -2.40. The van der Waals surface area contributed by atoms with Gasteiger partial charge >= 0.3 is 18.6 Å². The summed E-state index contributed by atoms with van der Waals surface area (Å²) in [5.74, 6) is -1.45. The molecule has 1 aliphatic heterocycles. The summed E-state index contributed by atoms with van der Waals surface area (Å²) < 4.78 is 81.8. The highest BCUT2D eigenvalue weighted by atomic mass is 35.5. The molecule has 2 aromatic carbocycles. The van der Waals surface area contributed by atoms with E-state index in [9.17, 15) is 32.3 Å². The third-order valence-electron chi connectivity index (χ3n) is 9.28. The molecule has 0 N–H and O–H groups in total. The van der Waals surface area contributed by atoms with Crippen LogP contribution >= 0.6 is 23.2 Å². The Balaban J connectivity index is 1.50. The molecule has 3 unspecified atom stereocenters.